The topological polar surface area (TPSA) is 69.3 Å². The Bertz CT molecular complexity index is 949. The Morgan fingerprint density at radius 2 is 1.85 bits per heavy atom. The lowest BCUT2D eigenvalue weighted by Crippen LogP contribution is -2.23. The van der Waals surface area contributed by atoms with E-state index in [1.165, 1.54) is 0 Å². The van der Waals surface area contributed by atoms with E-state index in [-0.39, 0.29) is 18.3 Å². The molecule has 6 nitrogen and oxygen atoms in total. The Balaban J connectivity index is 1.60. The fourth-order valence-electron chi connectivity index (χ4n) is 3.08. The van der Waals surface area contributed by atoms with E-state index < -0.39 is 0 Å². The largest absolute Gasteiger partial charge is 0.485 e. The third-order valence-electron chi connectivity index (χ3n) is 4.74. The van der Waals surface area contributed by atoms with Gasteiger partial charge in [-0.1, -0.05) is 18.2 Å². The van der Waals surface area contributed by atoms with Crippen LogP contribution in [0.2, 0.25) is 0 Å². The van der Waals surface area contributed by atoms with Gasteiger partial charge in [-0.15, -0.1) is 0 Å². The smallest absolute Gasteiger partial charge is 0.287 e. The molecule has 0 atom stereocenters. The van der Waals surface area contributed by atoms with Crippen LogP contribution in [0.25, 0.3) is 0 Å². The van der Waals surface area contributed by atoms with E-state index in [1.807, 2.05) is 57.6 Å². The standard InChI is InChI=1S/C21H25N3O3/c1-13-7-6-8-14(2)20(13)26-12-17-9-10-19(27-17)21(25)22-11-18-15(3)23-24(5)16(18)4/h6-10H,11-12H2,1-5H3,(H,22,25). The molecule has 0 aliphatic rings. The Morgan fingerprint density at radius 1 is 1.15 bits per heavy atom. The van der Waals surface area contributed by atoms with Gasteiger partial charge < -0.3 is 14.5 Å². The van der Waals surface area contributed by atoms with Gasteiger partial charge in [0.05, 0.1) is 5.69 Å². The van der Waals surface area contributed by atoms with Gasteiger partial charge >= 0.3 is 0 Å². The number of para-hydroxylation sites is 1. The molecule has 3 aromatic rings. The number of hydrogen-bond acceptors (Lipinski definition) is 4. The van der Waals surface area contributed by atoms with Gasteiger partial charge in [0, 0.05) is 24.8 Å². The average Bonchev–Trinajstić information content (AvgIpc) is 3.18. The van der Waals surface area contributed by atoms with Crippen LogP contribution in [0, 0.1) is 27.7 Å². The van der Waals surface area contributed by atoms with E-state index in [9.17, 15) is 4.79 Å². The molecular weight excluding hydrogens is 342 g/mol. The van der Waals surface area contributed by atoms with Crippen LogP contribution in [0.15, 0.2) is 34.7 Å². The Labute approximate surface area is 159 Å². The van der Waals surface area contributed by atoms with Crippen LogP contribution >= 0.6 is 0 Å². The fraction of sp³-hybridized carbons (Fsp3) is 0.333. The highest BCUT2D eigenvalue weighted by atomic mass is 16.5. The van der Waals surface area contributed by atoms with E-state index >= 15 is 0 Å². The monoisotopic (exact) mass is 367 g/mol. The molecule has 0 unspecified atom stereocenters. The van der Waals surface area contributed by atoms with Crippen LogP contribution in [-0.2, 0) is 20.2 Å². The van der Waals surface area contributed by atoms with Crippen LogP contribution in [-0.4, -0.2) is 15.7 Å². The zero-order valence-corrected chi connectivity index (χ0v) is 16.4. The summed E-state index contributed by atoms with van der Waals surface area (Å²) in [5.41, 5.74) is 5.12. The molecule has 0 aliphatic carbocycles. The maximum absolute atomic E-state index is 12.4. The van der Waals surface area contributed by atoms with Crippen LogP contribution in [0.5, 0.6) is 5.75 Å². The summed E-state index contributed by atoms with van der Waals surface area (Å²) in [6, 6.07) is 9.45. The van der Waals surface area contributed by atoms with E-state index in [0.29, 0.717) is 12.3 Å². The molecule has 0 saturated carbocycles. The summed E-state index contributed by atoms with van der Waals surface area (Å²) in [6.45, 7) is 8.62. The van der Waals surface area contributed by atoms with Crippen molar-refractivity contribution in [2.75, 3.05) is 0 Å². The number of hydrogen-bond donors (Lipinski definition) is 1. The Hall–Kier alpha value is -3.02. The summed E-state index contributed by atoms with van der Waals surface area (Å²) >= 11 is 0. The van der Waals surface area contributed by atoms with Gasteiger partial charge in [0.15, 0.2) is 5.76 Å². The van der Waals surface area contributed by atoms with Crippen molar-refractivity contribution in [1.82, 2.24) is 15.1 Å². The average molecular weight is 367 g/mol. The van der Waals surface area contributed by atoms with E-state index in [2.05, 4.69) is 10.4 Å². The van der Waals surface area contributed by atoms with Crippen LogP contribution in [0.3, 0.4) is 0 Å². The SMILES string of the molecule is Cc1cccc(C)c1OCc1ccc(C(=O)NCc2c(C)nn(C)c2C)o1. The van der Waals surface area contributed by atoms with Crippen molar-refractivity contribution in [1.29, 1.82) is 0 Å². The van der Waals surface area contributed by atoms with Crippen molar-refractivity contribution < 1.29 is 13.9 Å². The van der Waals surface area contributed by atoms with E-state index in [0.717, 1.165) is 33.8 Å². The van der Waals surface area contributed by atoms with Crippen LogP contribution < -0.4 is 10.1 Å². The highest BCUT2D eigenvalue weighted by Gasteiger charge is 2.15. The van der Waals surface area contributed by atoms with E-state index in [4.69, 9.17) is 9.15 Å². The minimum atomic E-state index is -0.254. The van der Waals surface area contributed by atoms with Crippen molar-refractivity contribution in [3.8, 4) is 5.75 Å². The van der Waals surface area contributed by atoms with Crippen molar-refractivity contribution in [2.45, 2.75) is 40.8 Å². The molecule has 2 heterocycles. The lowest BCUT2D eigenvalue weighted by atomic mass is 10.1. The number of nitrogens with zero attached hydrogens (tertiary/aromatic N) is 2. The fourth-order valence-corrected chi connectivity index (χ4v) is 3.08. The minimum Gasteiger partial charge on any atom is -0.485 e. The first kappa shape index (κ1) is 18.8. The highest BCUT2D eigenvalue weighted by molar-refractivity contribution is 5.91. The second kappa shape index (κ2) is 7.70. The number of nitrogens with one attached hydrogen (secondary N) is 1. The summed E-state index contributed by atoms with van der Waals surface area (Å²) < 4.78 is 13.3. The van der Waals surface area contributed by atoms with Gasteiger partial charge in [-0.3, -0.25) is 9.48 Å². The molecular formula is C21H25N3O3. The summed E-state index contributed by atoms with van der Waals surface area (Å²) in [6.07, 6.45) is 0. The van der Waals surface area contributed by atoms with Gasteiger partial charge in [0.1, 0.15) is 18.1 Å². The first-order chi connectivity index (χ1) is 12.9. The number of carbonyl (C=O) groups excluding carboxylic acids is 1. The van der Waals surface area contributed by atoms with Crippen molar-refractivity contribution in [3.63, 3.8) is 0 Å². The van der Waals surface area contributed by atoms with Crippen molar-refractivity contribution >= 4 is 5.91 Å². The maximum atomic E-state index is 12.4. The number of ether oxygens (including phenoxy) is 1. The molecule has 0 spiro atoms. The number of aryl methyl sites for hydroxylation is 4. The molecule has 0 aliphatic heterocycles. The molecule has 0 radical (unpaired) electrons. The molecule has 1 N–H and O–H groups in total. The van der Waals surface area contributed by atoms with Gasteiger partial charge in [-0.05, 0) is 51.0 Å². The molecule has 1 amide bonds. The summed E-state index contributed by atoms with van der Waals surface area (Å²) in [7, 11) is 1.89. The first-order valence-corrected chi connectivity index (χ1v) is 8.91. The van der Waals surface area contributed by atoms with Crippen molar-refractivity contribution in [3.05, 3.63) is 69.9 Å². The molecule has 6 heteroatoms. The predicted molar refractivity (Wildman–Crippen MR) is 103 cm³/mol. The Morgan fingerprint density at radius 3 is 2.48 bits per heavy atom. The second-order valence-corrected chi connectivity index (χ2v) is 6.73. The number of carbonyl (C=O) groups is 1. The molecule has 142 valence electrons. The molecule has 1 aromatic carbocycles. The second-order valence-electron chi connectivity index (χ2n) is 6.73. The van der Waals surface area contributed by atoms with Gasteiger partial charge in [-0.2, -0.15) is 5.10 Å². The zero-order valence-electron chi connectivity index (χ0n) is 16.4. The van der Waals surface area contributed by atoms with Gasteiger partial charge in [0.2, 0.25) is 0 Å². The number of furan rings is 1. The van der Waals surface area contributed by atoms with Gasteiger partial charge in [-0.25, -0.2) is 0 Å². The van der Waals surface area contributed by atoms with Gasteiger partial charge in [0.25, 0.3) is 5.91 Å². The number of amides is 1. The van der Waals surface area contributed by atoms with E-state index in [1.54, 1.807) is 12.1 Å². The number of aromatic nitrogens is 2. The lowest BCUT2D eigenvalue weighted by molar-refractivity contribution is 0.0919. The third-order valence-corrected chi connectivity index (χ3v) is 4.74. The molecule has 0 saturated heterocycles. The summed E-state index contributed by atoms with van der Waals surface area (Å²) in [4.78, 5) is 12.4. The minimum absolute atomic E-state index is 0.254. The Kier molecular flexibility index (Phi) is 5.35. The molecule has 0 bridgehead atoms. The number of benzene rings is 1. The maximum Gasteiger partial charge on any atom is 0.287 e. The lowest BCUT2D eigenvalue weighted by Gasteiger charge is -2.10. The first-order valence-electron chi connectivity index (χ1n) is 8.91. The van der Waals surface area contributed by atoms with Crippen LogP contribution in [0.4, 0.5) is 0 Å². The zero-order chi connectivity index (χ0) is 19.6. The molecule has 3 rings (SSSR count). The molecule has 2 aromatic heterocycles. The molecule has 0 fully saturated rings. The molecule has 27 heavy (non-hydrogen) atoms. The predicted octanol–water partition coefficient (Wildman–Crippen LogP) is 3.76. The van der Waals surface area contributed by atoms with Crippen LogP contribution in [0.1, 0.15) is 44.4 Å². The summed E-state index contributed by atoms with van der Waals surface area (Å²) in [5, 5.41) is 7.25. The normalized spacial score (nSPS) is 10.9. The quantitative estimate of drug-likeness (QED) is 0.720. The highest BCUT2D eigenvalue weighted by Crippen LogP contribution is 2.23. The number of rotatable bonds is 6. The summed E-state index contributed by atoms with van der Waals surface area (Å²) in [5.74, 6) is 1.48. The van der Waals surface area contributed by atoms with Crippen molar-refractivity contribution in [2.24, 2.45) is 7.05 Å². The third kappa shape index (κ3) is 4.05.